The van der Waals surface area contributed by atoms with Gasteiger partial charge in [0.2, 0.25) is 0 Å². The summed E-state index contributed by atoms with van der Waals surface area (Å²) in [5.74, 6) is 1.82. The van der Waals surface area contributed by atoms with Crippen molar-refractivity contribution in [2.24, 2.45) is 0 Å². The second-order valence-corrected chi connectivity index (χ2v) is 4.37. The number of phenolic OH excluding ortho intramolecular Hbond substituents is 1. The lowest BCUT2D eigenvalue weighted by Gasteiger charge is -2.12. The SMILES string of the molecule is Oc1cccc(-n2ccnc2C2CCNC2)c1. The highest BCUT2D eigenvalue weighted by atomic mass is 16.3. The number of hydrogen-bond acceptors (Lipinski definition) is 3. The number of aromatic nitrogens is 2. The van der Waals surface area contributed by atoms with Gasteiger partial charge in [0.25, 0.3) is 0 Å². The van der Waals surface area contributed by atoms with Crippen molar-refractivity contribution in [1.29, 1.82) is 0 Å². The van der Waals surface area contributed by atoms with E-state index in [2.05, 4.69) is 14.9 Å². The minimum absolute atomic E-state index is 0.284. The maximum Gasteiger partial charge on any atom is 0.117 e. The summed E-state index contributed by atoms with van der Waals surface area (Å²) in [4.78, 5) is 4.45. The van der Waals surface area contributed by atoms with E-state index < -0.39 is 0 Å². The van der Waals surface area contributed by atoms with Crippen LogP contribution in [0.3, 0.4) is 0 Å². The van der Waals surface area contributed by atoms with Crippen LogP contribution in [0.25, 0.3) is 5.69 Å². The molecule has 0 amide bonds. The molecule has 1 aromatic carbocycles. The highest BCUT2D eigenvalue weighted by molar-refractivity contribution is 5.39. The Balaban J connectivity index is 2.00. The summed E-state index contributed by atoms with van der Waals surface area (Å²) >= 11 is 0. The molecule has 3 rings (SSSR count). The predicted octanol–water partition coefficient (Wildman–Crippen LogP) is 1.65. The molecular formula is C13H15N3O. The van der Waals surface area contributed by atoms with E-state index in [0.717, 1.165) is 31.0 Å². The Hall–Kier alpha value is -1.81. The molecule has 4 heteroatoms. The van der Waals surface area contributed by atoms with Gasteiger partial charge >= 0.3 is 0 Å². The van der Waals surface area contributed by atoms with E-state index in [4.69, 9.17) is 0 Å². The first-order chi connectivity index (χ1) is 8.34. The molecule has 4 nitrogen and oxygen atoms in total. The zero-order valence-corrected chi connectivity index (χ0v) is 9.50. The van der Waals surface area contributed by atoms with Gasteiger partial charge in [-0.2, -0.15) is 0 Å². The molecule has 1 saturated heterocycles. The number of imidazole rings is 1. The summed E-state index contributed by atoms with van der Waals surface area (Å²) in [6.07, 6.45) is 4.88. The molecule has 2 N–H and O–H groups in total. The molecule has 17 heavy (non-hydrogen) atoms. The average Bonchev–Trinajstić information content (AvgIpc) is 3.00. The van der Waals surface area contributed by atoms with Gasteiger partial charge in [0.05, 0.1) is 5.69 Å². The van der Waals surface area contributed by atoms with Crippen LogP contribution in [-0.4, -0.2) is 27.7 Å². The lowest BCUT2D eigenvalue weighted by molar-refractivity contribution is 0.475. The molecule has 0 saturated carbocycles. The van der Waals surface area contributed by atoms with Gasteiger partial charge in [-0.1, -0.05) is 6.07 Å². The molecule has 0 spiro atoms. The van der Waals surface area contributed by atoms with E-state index in [1.54, 1.807) is 12.1 Å². The highest BCUT2D eigenvalue weighted by Gasteiger charge is 2.21. The van der Waals surface area contributed by atoms with Crippen LogP contribution in [0.2, 0.25) is 0 Å². The van der Waals surface area contributed by atoms with Crippen LogP contribution in [-0.2, 0) is 0 Å². The Bertz CT molecular complexity index is 515. The Morgan fingerprint density at radius 1 is 1.41 bits per heavy atom. The summed E-state index contributed by atoms with van der Waals surface area (Å²) in [7, 11) is 0. The van der Waals surface area contributed by atoms with Gasteiger partial charge in [-0.3, -0.25) is 0 Å². The molecule has 2 aromatic rings. The Labute approximate surface area is 99.9 Å². The van der Waals surface area contributed by atoms with Crippen molar-refractivity contribution in [1.82, 2.24) is 14.9 Å². The fourth-order valence-corrected chi connectivity index (χ4v) is 2.35. The molecule has 2 heterocycles. The maximum absolute atomic E-state index is 9.52. The summed E-state index contributed by atoms with van der Waals surface area (Å²) in [5, 5.41) is 12.9. The molecule has 1 unspecified atom stereocenters. The number of nitrogens with zero attached hydrogens (tertiary/aromatic N) is 2. The molecule has 1 aliphatic rings. The first-order valence-corrected chi connectivity index (χ1v) is 5.88. The summed E-state index contributed by atoms with van der Waals surface area (Å²) < 4.78 is 2.05. The lowest BCUT2D eigenvalue weighted by atomic mass is 10.1. The van der Waals surface area contributed by atoms with E-state index in [9.17, 15) is 5.11 Å². The fraction of sp³-hybridized carbons (Fsp3) is 0.308. The molecule has 0 aliphatic carbocycles. The average molecular weight is 229 g/mol. The van der Waals surface area contributed by atoms with Gasteiger partial charge in [0.1, 0.15) is 11.6 Å². The Morgan fingerprint density at radius 3 is 3.12 bits per heavy atom. The number of phenols is 1. The first kappa shape index (κ1) is 10.4. The third-order valence-electron chi connectivity index (χ3n) is 3.20. The Morgan fingerprint density at radius 2 is 2.35 bits per heavy atom. The maximum atomic E-state index is 9.52. The monoisotopic (exact) mass is 229 g/mol. The van der Waals surface area contributed by atoms with E-state index in [1.807, 2.05) is 24.5 Å². The normalized spacial score (nSPS) is 19.6. The van der Waals surface area contributed by atoms with Crippen LogP contribution >= 0.6 is 0 Å². The third kappa shape index (κ3) is 1.91. The molecule has 88 valence electrons. The van der Waals surface area contributed by atoms with E-state index in [0.29, 0.717) is 5.92 Å². The quantitative estimate of drug-likeness (QED) is 0.823. The second-order valence-electron chi connectivity index (χ2n) is 4.37. The summed E-state index contributed by atoms with van der Waals surface area (Å²) in [6, 6.07) is 7.26. The van der Waals surface area contributed by atoms with Crippen molar-refractivity contribution < 1.29 is 5.11 Å². The van der Waals surface area contributed by atoms with E-state index in [-0.39, 0.29) is 5.75 Å². The van der Waals surface area contributed by atoms with Gasteiger partial charge in [0, 0.05) is 30.9 Å². The molecule has 0 radical (unpaired) electrons. The number of hydrogen-bond donors (Lipinski definition) is 2. The summed E-state index contributed by atoms with van der Waals surface area (Å²) in [5.41, 5.74) is 0.962. The van der Waals surface area contributed by atoms with Gasteiger partial charge in [0.15, 0.2) is 0 Å². The topological polar surface area (TPSA) is 50.1 Å². The van der Waals surface area contributed by atoms with Crippen molar-refractivity contribution in [2.45, 2.75) is 12.3 Å². The number of rotatable bonds is 2. The molecule has 1 aliphatic heterocycles. The van der Waals surface area contributed by atoms with Crippen molar-refractivity contribution in [2.75, 3.05) is 13.1 Å². The standard InChI is InChI=1S/C13H15N3O/c17-12-3-1-2-11(8-12)16-7-6-15-13(16)10-4-5-14-9-10/h1-3,6-8,10,14,17H,4-5,9H2. The smallest absolute Gasteiger partial charge is 0.117 e. The fourth-order valence-electron chi connectivity index (χ4n) is 2.35. The van der Waals surface area contributed by atoms with Crippen LogP contribution in [0.15, 0.2) is 36.7 Å². The van der Waals surface area contributed by atoms with Crippen LogP contribution in [0.1, 0.15) is 18.2 Å². The second kappa shape index (κ2) is 4.22. The predicted molar refractivity (Wildman–Crippen MR) is 65.5 cm³/mol. The molecule has 0 bridgehead atoms. The zero-order valence-electron chi connectivity index (χ0n) is 9.50. The van der Waals surface area contributed by atoms with Crippen molar-refractivity contribution in [3.63, 3.8) is 0 Å². The molecule has 1 aromatic heterocycles. The number of nitrogens with one attached hydrogen (secondary N) is 1. The minimum atomic E-state index is 0.284. The molecule has 1 atom stereocenters. The van der Waals surface area contributed by atoms with Gasteiger partial charge in [-0.25, -0.2) is 4.98 Å². The number of benzene rings is 1. The minimum Gasteiger partial charge on any atom is -0.508 e. The highest BCUT2D eigenvalue weighted by Crippen LogP contribution is 2.24. The largest absolute Gasteiger partial charge is 0.508 e. The molecular weight excluding hydrogens is 214 g/mol. The van der Waals surface area contributed by atoms with Crippen LogP contribution in [0.5, 0.6) is 5.75 Å². The lowest BCUT2D eigenvalue weighted by Crippen LogP contribution is -2.11. The van der Waals surface area contributed by atoms with Crippen molar-refractivity contribution >= 4 is 0 Å². The first-order valence-electron chi connectivity index (χ1n) is 5.88. The van der Waals surface area contributed by atoms with Crippen molar-refractivity contribution in [3.05, 3.63) is 42.5 Å². The summed E-state index contributed by atoms with van der Waals surface area (Å²) in [6.45, 7) is 2.04. The van der Waals surface area contributed by atoms with Crippen LogP contribution in [0, 0.1) is 0 Å². The van der Waals surface area contributed by atoms with E-state index in [1.165, 1.54) is 0 Å². The van der Waals surface area contributed by atoms with Crippen LogP contribution < -0.4 is 5.32 Å². The Kier molecular flexibility index (Phi) is 2.57. The van der Waals surface area contributed by atoms with Crippen LogP contribution in [0.4, 0.5) is 0 Å². The van der Waals surface area contributed by atoms with Gasteiger partial charge < -0.3 is 15.0 Å². The zero-order chi connectivity index (χ0) is 11.7. The van der Waals surface area contributed by atoms with Gasteiger partial charge in [-0.15, -0.1) is 0 Å². The number of aromatic hydroxyl groups is 1. The van der Waals surface area contributed by atoms with Gasteiger partial charge in [-0.05, 0) is 25.1 Å². The third-order valence-corrected chi connectivity index (χ3v) is 3.20. The van der Waals surface area contributed by atoms with E-state index >= 15 is 0 Å². The van der Waals surface area contributed by atoms with Crippen molar-refractivity contribution in [3.8, 4) is 11.4 Å². The molecule has 1 fully saturated rings.